The second-order valence-electron chi connectivity index (χ2n) is 8.44. The Hall–Kier alpha value is -0.720. The molecule has 27 heavy (non-hydrogen) atoms. The third-order valence-electron chi connectivity index (χ3n) is 6.42. The number of fused-ring (bicyclic) bond motifs is 2. The van der Waals surface area contributed by atoms with Gasteiger partial charge in [0.1, 0.15) is 0 Å². The fourth-order valence-electron chi connectivity index (χ4n) is 4.81. The highest BCUT2D eigenvalue weighted by molar-refractivity contribution is 7.99. The molecule has 4 rings (SSSR count). The molecule has 2 atom stereocenters. The van der Waals surface area contributed by atoms with Crippen LogP contribution >= 0.6 is 11.8 Å². The van der Waals surface area contributed by atoms with Crippen LogP contribution in [0.25, 0.3) is 0 Å². The van der Waals surface area contributed by atoms with E-state index in [9.17, 15) is 0 Å². The Morgan fingerprint density at radius 1 is 0.963 bits per heavy atom. The number of hydrogen-bond acceptors (Lipinski definition) is 2. The third kappa shape index (κ3) is 4.33. The summed E-state index contributed by atoms with van der Waals surface area (Å²) in [6, 6.07) is 18.5. The van der Waals surface area contributed by atoms with Crippen molar-refractivity contribution in [1.29, 1.82) is 0 Å². The van der Waals surface area contributed by atoms with Crippen LogP contribution in [0.5, 0.6) is 0 Å². The molecule has 2 aliphatic heterocycles. The molecule has 0 aromatic heterocycles. The Morgan fingerprint density at radius 3 is 2.11 bits per heavy atom. The van der Waals surface area contributed by atoms with Gasteiger partial charge >= 0.3 is 0 Å². The average Bonchev–Trinajstić information content (AvgIpc) is 2.65. The van der Waals surface area contributed by atoms with Crippen molar-refractivity contribution in [2.45, 2.75) is 48.4 Å². The van der Waals surface area contributed by atoms with E-state index in [0.29, 0.717) is 0 Å². The lowest BCUT2D eigenvalue weighted by Gasteiger charge is -2.45. The molecule has 2 nitrogen and oxygen atoms in total. The Labute approximate surface area is 185 Å². The van der Waals surface area contributed by atoms with Crippen molar-refractivity contribution in [2.75, 3.05) is 32.1 Å². The number of quaternary nitrogens is 1. The zero-order chi connectivity index (χ0) is 18.1. The van der Waals surface area contributed by atoms with Gasteiger partial charge in [-0.1, -0.05) is 43.0 Å². The van der Waals surface area contributed by atoms with Crippen LogP contribution in [-0.2, 0) is 0 Å². The Bertz CT molecular complexity index is 731. The van der Waals surface area contributed by atoms with Crippen LogP contribution in [-0.4, -0.2) is 37.7 Å². The zero-order valence-corrected chi connectivity index (χ0v) is 19.7. The number of likely N-dealkylation sites (tertiary alicyclic amines) is 1. The molecule has 0 N–H and O–H groups in total. The van der Waals surface area contributed by atoms with Gasteiger partial charge in [0.25, 0.3) is 0 Å². The minimum Gasteiger partial charge on any atom is -1.00 e. The molecule has 146 valence electrons. The van der Waals surface area contributed by atoms with E-state index in [1.165, 1.54) is 57.9 Å². The van der Waals surface area contributed by atoms with Gasteiger partial charge in [-0.05, 0) is 43.5 Å². The normalized spacial score (nSPS) is 23.1. The SMILES string of the molecule is CCC1CCC(CCN2c3ccccc3Sc3ccccc32)[N+](C)(C)C1.[I-]. The van der Waals surface area contributed by atoms with E-state index < -0.39 is 0 Å². The number of anilines is 2. The fraction of sp³-hybridized carbons (Fsp3) is 0.478. The number of piperidine rings is 1. The molecule has 0 radical (unpaired) electrons. The molecule has 2 heterocycles. The molecular formula is C23H31IN2S. The van der Waals surface area contributed by atoms with E-state index in [1.807, 2.05) is 11.8 Å². The number of rotatable bonds is 4. The molecule has 0 saturated carbocycles. The second-order valence-corrected chi connectivity index (χ2v) is 9.53. The molecule has 2 aliphatic rings. The van der Waals surface area contributed by atoms with Crippen LogP contribution in [0.4, 0.5) is 11.4 Å². The maximum absolute atomic E-state index is 2.56. The Balaban J connectivity index is 0.00000210. The van der Waals surface area contributed by atoms with Gasteiger partial charge in [0, 0.05) is 28.7 Å². The summed E-state index contributed by atoms with van der Waals surface area (Å²) in [5.41, 5.74) is 2.76. The summed E-state index contributed by atoms with van der Waals surface area (Å²) in [6.07, 6.45) is 5.37. The Kier molecular flexibility index (Phi) is 6.80. The molecular weight excluding hydrogens is 463 g/mol. The number of nitrogens with zero attached hydrogens (tertiary/aromatic N) is 2. The van der Waals surface area contributed by atoms with E-state index in [0.717, 1.165) is 18.5 Å². The van der Waals surface area contributed by atoms with E-state index in [2.05, 4.69) is 74.4 Å². The molecule has 2 aromatic carbocycles. The van der Waals surface area contributed by atoms with Crippen LogP contribution in [0.15, 0.2) is 58.3 Å². The minimum atomic E-state index is 0. The van der Waals surface area contributed by atoms with Crippen LogP contribution in [0, 0.1) is 5.92 Å². The molecule has 1 saturated heterocycles. The average molecular weight is 494 g/mol. The lowest BCUT2D eigenvalue weighted by atomic mass is 9.88. The third-order valence-corrected chi connectivity index (χ3v) is 7.55. The minimum absolute atomic E-state index is 0. The maximum atomic E-state index is 2.56. The van der Waals surface area contributed by atoms with E-state index in [4.69, 9.17) is 0 Å². The van der Waals surface area contributed by atoms with Gasteiger partial charge in [0.05, 0.1) is 38.1 Å². The summed E-state index contributed by atoms with van der Waals surface area (Å²) in [7, 11) is 4.89. The van der Waals surface area contributed by atoms with Crippen molar-refractivity contribution < 1.29 is 28.5 Å². The highest BCUT2D eigenvalue weighted by Gasteiger charge is 2.36. The predicted octanol–water partition coefficient (Wildman–Crippen LogP) is 2.95. The number of hydrogen-bond donors (Lipinski definition) is 0. The Morgan fingerprint density at radius 2 is 1.56 bits per heavy atom. The van der Waals surface area contributed by atoms with Crippen LogP contribution in [0.3, 0.4) is 0 Å². The van der Waals surface area contributed by atoms with Gasteiger partial charge in [-0.25, -0.2) is 0 Å². The first kappa shape index (κ1) is 21.0. The van der Waals surface area contributed by atoms with E-state index >= 15 is 0 Å². The molecule has 0 spiro atoms. The topological polar surface area (TPSA) is 3.24 Å². The first-order valence-corrected chi connectivity index (χ1v) is 10.9. The number of para-hydroxylation sites is 2. The molecule has 2 aromatic rings. The molecule has 2 unspecified atom stereocenters. The van der Waals surface area contributed by atoms with E-state index in [-0.39, 0.29) is 24.0 Å². The predicted molar refractivity (Wildman–Crippen MR) is 112 cm³/mol. The van der Waals surface area contributed by atoms with Gasteiger partial charge in [-0.3, -0.25) is 0 Å². The molecule has 4 heteroatoms. The smallest absolute Gasteiger partial charge is 0.0903 e. The van der Waals surface area contributed by atoms with Crippen molar-refractivity contribution in [3.8, 4) is 0 Å². The highest BCUT2D eigenvalue weighted by Crippen LogP contribution is 2.48. The van der Waals surface area contributed by atoms with Crippen LogP contribution in [0.1, 0.15) is 32.6 Å². The molecule has 0 amide bonds. The lowest BCUT2D eigenvalue weighted by molar-refractivity contribution is -0.923. The lowest BCUT2D eigenvalue weighted by Crippen LogP contribution is -3.00. The summed E-state index contributed by atoms with van der Waals surface area (Å²) in [5, 5.41) is 0. The fourth-order valence-corrected chi connectivity index (χ4v) is 5.91. The summed E-state index contributed by atoms with van der Waals surface area (Å²) in [6.45, 7) is 4.80. The first-order valence-electron chi connectivity index (χ1n) is 10.0. The van der Waals surface area contributed by atoms with Gasteiger partial charge in [-0.15, -0.1) is 0 Å². The van der Waals surface area contributed by atoms with Crippen molar-refractivity contribution >= 4 is 23.1 Å². The van der Waals surface area contributed by atoms with Gasteiger partial charge in [0.2, 0.25) is 0 Å². The van der Waals surface area contributed by atoms with Crippen molar-refractivity contribution in [3.05, 3.63) is 48.5 Å². The quantitative estimate of drug-likeness (QED) is 0.475. The van der Waals surface area contributed by atoms with Gasteiger partial charge in [-0.2, -0.15) is 0 Å². The number of halogens is 1. The number of benzene rings is 2. The highest BCUT2D eigenvalue weighted by atomic mass is 127. The summed E-state index contributed by atoms with van der Waals surface area (Å²) in [5.74, 6) is 0.911. The zero-order valence-electron chi connectivity index (χ0n) is 16.7. The van der Waals surface area contributed by atoms with Crippen molar-refractivity contribution in [3.63, 3.8) is 0 Å². The monoisotopic (exact) mass is 494 g/mol. The summed E-state index contributed by atoms with van der Waals surface area (Å²) in [4.78, 5) is 5.33. The van der Waals surface area contributed by atoms with Crippen molar-refractivity contribution in [2.24, 2.45) is 5.92 Å². The molecule has 1 fully saturated rings. The van der Waals surface area contributed by atoms with Crippen LogP contribution < -0.4 is 28.9 Å². The maximum Gasteiger partial charge on any atom is 0.0903 e. The van der Waals surface area contributed by atoms with Crippen molar-refractivity contribution in [1.82, 2.24) is 0 Å². The first-order chi connectivity index (χ1) is 12.6. The largest absolute Gasteiger partial charge is 1.00 e. The summed E-state index contributed by atoms with van der Waals surface area (Å²) >= 11 is 1.91. The molecule has 0 bridgehead atoms. The van der Waals surface area contributed by atoms with Crippen LogP contribution in [0.2, 0.25) is 0 Å². The summed E-state index contributed by atoms with van der Waals surface area (Å²) < 4.78 is 1.18. The van der Waals surface area contributed by atoms with Gasteiger partial charge in [0.15, 0.2) is 0 Å². The molecule has 0 aliphatic carbocycles. The van der Waals surface area contributed by atoms with Gasteiger partial charge < -0.3 is 33.4 Å². The second kappa shape index (κ2) is 8.75. The van der Waals surface area contributed by atoms with E-state index in [1.54, 1.807) is 0 Å². The standard InChI is InChI=1S/C23H31N2S.HI/c1-4-18-13-14-19(25(2,3)17-18)15-16-24-20-9-5-7-11-22(20)26-23-12-8-6-10-21(23)24;/h5-12,18-19H,4,13-17H2,1-3H3;1H/q+1;/p-1.